The zero-order valence-corrected chi connectivity index (χ0v) is 5.91. The lowest BCUT2D eigenvalue weighted by molar-refractivity contribution is 0.350. The van der Waals surface area contributed by atoms with Crippen LogP contribution in [-0.4, -0.2) is 16.7 Å². The second-order valence-electron chi connectivity index (χ2n) is 1.92. The maximum absolute atomic E-state index is 8.39. The van der Waals surface area contributed by atoms with E-state index in [0.717, 1.165) is 0 Å². The van der Waals surface area contributed by atoms with Gasteiger partial charge in [-0.1, -0.05) is 11.8 Å². The number of nitrogens with two attached hydrogens (primary N) is 1. The van der Waals surface area contributed by atoms with E-state index in [2.05, 4.69) is 16.8 Å². The number of hydrogen-bond acceptors (Lipinski definition) is 3. The van der Waals surface area contributed by atoms with E-state index in [0.29, 0.717) is 11.3 Å². The average molecular weight is 148 g/mol. The Kier molecular flexibility index (Phi) is 2.47. The molecule has 1 aromatic heterocycles. The minimum absolute atomic E-state index is 0.151. The fourth-order valence-electron chi connectivity index (χ4n) is 0.655. The highest BCUT2D eigenvalue weighted by atomic mass is 16.2. The average Bonchev–Trinajstić information content (AvgIpc) is 2.03. The molecule has 1 aromatic rings. The Balaban J connectivity index is 2.95. The SMILES string of the molecule is Nc1cnccc1C#CCO. The third kappa shape index (κ3) is 1.95. The molecule has 0 saturated heterocycles. The van der Waals surface area contributed by atoms with Crippen molar-refractivity contribution in [2.24, 2.45) is 0 Å². The van der Waals surface area contributed by atoms with Crippen LogP contribution >= 0.6 is 0 Å². The lowest BCUT2D eigenvalue weighted by Crippen LogP contribution is -1.90. The number of aromatic nitrogens is 1. The van der Waals surface area contributed by atoms with Crippen molar-refractivity contribution in [2.45, 2.75) is 0 Å². The number of aliphatic hydroxyl groups excluding tert-OH is 1. The highest BCUT2D eigenvalue weighted by Crippen LogP contribution is 2.05. The van der Waals surface area contributed by atoms with Crippen LogP contribution in [0.25, 0.3) is 0 Å². The summed E-state index contributed by atoms with van der Waals surface area (Å²) in [4.78, 5) is 3.80. The molecule has 0 aliphatic rings. The second-order valence-corrected chi connectivity index (χ2v) is 1.92. The Hall–Kier alpha value is -1.53. The number of anilines is 1. The Morgan fingerprint density at radius 2 is 2.45 bits per heavy atom. The van der Waals surface area contributed by atoms with Crippen molar-refractivity contribution < 1.29 is 5.11 Å². The first-order chi connectivity index (χ1) is 5.34. The summed E-state index contributed by atoms with van der Waals surface area (Å²) in [6, 6.07) is 1.71. The Labute approximate surface area is 64.9 Å². The quantitative estimate of drug-likeness (QED) is 0.509. The molecular weight excluding hydrogens is 140 g/mol. The van der Waals surface area contributed by atoms with Crippen LogP contribution < -0.4 is 5.73 Å². The molecule has 3 N–H and O–H groups in total. The van der Waals surface area contributed by atoms with Gasteiger partial charge in [0.1, 0.15) is 6.61 Å². The third-order valence-electron chi connectivity index (χ3n) is 1.15. The van der Waals surface area contributed by atoms with Crippen LogP contribution in [0, 0.1) is 11.8 Å². The normalized spacial score (nSPS) is 8.45. The van der Waals surface area contributed by atoms with Gasteiger partial charge in [0, 0.05) is 6.20 Å². The molecule has 0 unspecified atom stereocenters. The molecule has 56 valence electrons. The molecule has 0 aliphatic heterocycles. The minimum atomic E-state index is -0.151. The zero-order valence-electron chi connectivity index (χ0n) is 5.91. The van der Waals surface area contributed by atoms with E-state index in [-0.39, 0.29) is 6.61 Å². The van der Waals surface area contributed by atoms with Crippen molar-refractivity contribution in [1.82, 2.24) is 4.98 Å². The molecule has 0 radical (unpaired) electrons. The second kappa shape index (κ2) is 3.59. The van der Waals surface area contributed by atoms with Crippen molar-refractivity contribution in [3.05, 3.63) is 24.0 Å². The van der Waals surface area contributed by atoms with Crippen LogP contribution in [0.5, 0.6) is 0 Å². The van der Waals surface area contributed by atoms with E-state index in [1.165, 1.54) is 6.20 Å². The molecule has 0 aliphatic carbocycles. The van der Waals surface area contributed by atoms with Gasteiger partial charge in [0.25, 0.3) is 0 Å². The smallest absolute Gasteiger partial charge is 0.104 e. The van der Waals surface area contributed by atoms with Crippen molar-refractivity contribution >= 4 is 5.69 Å². The summed E-state index contributed by atoms with van der Waals surface area (Å²) in [5.74, 6) is 5.20. The molecule has 11 heavy (non-hydrogen) atoms. The van der Waals surface area contributed by atoms with Crippen molar-refractivity contribution in [1.29, 1.82) is 0 Å². The van der Waals surface area contributed by atoms with Gasteiger partial charge in [0.05, 0.1) is 17.4 Å². The fraction of sp³-hybridized carbons (Fsp3) is 0.125. The van der Waals surface area contributed by atoms with E-state index >= 15 is 0 Å². The molecule has 3 nitrogen and oxygen atoms in total. The number of nitrogen functional groups attached to an aromatic ring is 1. The van der Waals surface area contributed by atoms with Crippen LogP contribution in [0.2, 0.25) is 0 Å². The summed E-state index contributed by atoms with van der Waals surface area (Å²) in [6.07, 6.45) is 3.14. The Bertz CT molecular complexity index is 298. The lowest BCUT2D eigenvalue weighted by atomic mass is 10.2. The largest absolute Gasteiger partial charge is 0.396 e. The van der Waals surface area contributed by atoms with Crippen LogP contribution in [0.3, 0.4) is 0 Å². The molecular formula is C8H8N2O. The van der Waals surface area contributed by atoms with Gasteiger partial charge in [-0.15, -0.1) is 0 Å². The molecule has 0 aromatic carbocycles. The number of pyridine rings is 1. The molecule has 0 saturated carbocycles. The number of rotatable bonds is 0. The summed E-state index contributed by atoms with van der Waals surface area (Å²) >= 11 is 0. The van der Waals surface area contributed by atoms with Gasteiger partial charge in [-0.3, -0.25) is 4.98 Å². The lowest BCUT2D eigenvalue weighted by Gasteiger charge is -1.93. The predicted octanol–water partition coefficient (Wildman–Crippen LogP) is 0.00760. The molecule has 0 bridgehead atoms. The summed E-state index contributed by atoms with van der Waals surface area (Å²) in [6.45, 7) is -0.151. The Morgan fingerprint density at radius 1 is 1.64 bits per heavy atom. The molecule has 1 rings (SSSR count). The van der Waals surface area contributed by atoms with Gasteiger partial charge in [0.15, 0.2) is 0 Å². The van der Waals surface area contributed by atoms with Gasteiger partial charge in [-0.05, 0) is 6.07 Å². The van der Waals surface area contributed by atoms with Gasteiger partial charge in [0.2, 0.25) is 0 Å². The maximum atomic E-state index is 8.39. The Morgan fingerprint density at radius 3 is 3.09 bits per heavy atom. The first kappa shape index (κ1) is 7.58. The van der Waals surface area contributed by atoms with E-state index < -0.39 is 0 Å². The minimum Gasteiger partial charge on any atom is -0.396 e. The monoisotopic (exact) mass is 148 g/mol. The third-order valence-corrected chi connectivity index (χ3v) is 1.15. The van der Waals surface area contributed by atoms with Gasteiger partial charge in [-0.25, -0.2) is 0 Å². The number of aliphatic hydroxyl groups is 1. The van der Waals surface area contributed by atoms with Gasteiger partial charge < -0.3 is 10.8 Å². The van der Waals surface area contributed by atoms with E-state index in [1.807, 2.05) is 0 Å². The first-order valence-electron chi connectivity index (χ1n) is 3.14. The highest BCUT2D eigenvalue weighted by Gasteiger charge is 1.90. The van der Waals surface area contributed by atoms with Crippen molar-refractivity contribution in [3.63, 3.8) is 0 Å². The zero-order chi connectivity index (χ0) is 8.10. The summed E-state index contributed by atoms with van der Waals surface area (Å²) in [5.41, 5.74) is 6.75. The van der Waals surface area contributed by atoms with E-state index in [1.54, 1.807) is 12.3 Å². The maximum Gasteiger partial charge on any atom is 0.104 e. The van der Waals surface area contributed by atoms with Crippen LogP contribution in [0.1, 0.15) is 5.56 Å². The molecule has 3 heteroatoms. The van der Waals surface area contributed by atoms with E-state index in [4.69, 9.17) is 10.8 Å². The molecule has 0 spiro atoms. The van der Waals surface area contributed by atoms with Crippen LogP contribution in [0.15, 0.2) is 18.5 Å². The molecule has 0 fully saturated rings. The molecule has 1 heterocycles. The molecule has 0 atom stereocenters. The fourth-order valence-corrected chi connectivity index (χ4v) is 0.655. The van der Waals surface area contributed by atoms with Gasteiger partial charge >= 0.3 is 0 Å². The summed E-state index contributed by atoms with van der Waals surface area (Å²) in [5, 5.41) is 8.39. The highest BCUT2D eigenvalue weighted by molar-refractivity contribution is 5.53. The van der Waals surface area contributed by atoms with Crippen molar-refractivity contribution in [2.75, 3.05) is 12.3 Å². The molecule has 0 amide bonds. The number of nitrogens with zero attached hydrogens (tertiary/aromatic N) is 1. The first-order valence-corrected chi connectivity index (χ1v) is 3.14. The van der Waals surface area contributed by atoms with Crippen LogP contribution in [-0.2, 0) is 0 Å². The van der Waals surface area contributed by atoms with Gasteiger partial charge in [-0.2, -0.15) is 0 Å². The van der Waals surface area contributed by atoms with Crippen LogP contribution in [0.4, 0.5) is 5.69 Å². The standard InChI is InChI=1S/C8H8N2O/c9-8-6-10-4-3-7(8)2-1-5-11/h3-4,6,11H,5,9H2. The van der Waals surface area contributed by atoms with Crippen molar-refractivity contribution in [3.8, 4) is 11.8 Å². The summed E-state index contributed by atoms with van der Waals surface area (Å²) < 4.78 is 0. The topological polar surface area (TPSA) is 59.1 Å². The predicted molar refractivity (Wildman–Crippen MR) is 42.6 cm³/mol. The van der Waals surface area contributed by atoms with E-state index in [9.17, 15) is 0 Å². The summed E-state index contributed by atoms with van der Waals surface area (Å²) in [7, 11) is 0. The number of hydrogen-bond donors (Lipinski definition) is 2.